The Kier molecular flexibility index (Phi) is 6.41. The molecule has 0 spiro atoms. The van der Waals surface area contributed by atoms with Gasteiger partial charge in [0, 0.05) is 38.4 Å². The predicted molar refractivity (Wildman–Crippen MR) is 108 cm³/mol. The van der Waals surface area contributed by atoms with Crippen LogP contribution in [-0.2, 0) is 0 Å². The van der Waals surface area contributed by atoms with Gasteiger partial charge in [-0.2, -0.15) is 0 Å². The molecule has 0 bridgehead atoms. The quantitative estimate of drug-likeness (QED) is 0.839. The Hall–Kier alpha value is -1.75. The summed E-state index contributed by atoms with van der Waals surface area (Å²) < 4.78 is 5.64. The second kappa shape index (κ2) is 8.76. The molecule has 1 fully saturated rings. The summed E-state index contributed by atoms with van der Waals surface area (Å²) in [5.41, 5.74) is 4.01. The Morgan fingerprint density at radius 3 is 2.50 bits per heavy atom. The Morgan fingerprint density at radius 1 is 1.04 bits per heavy atom. The molecule has 2 aromatic carbocycles. The van der Waals surface area contributed by atoms with E-state index in [2.05, 4.69) is 41.8 Å². The van der Waals surface area contributed by atoms with E-state index in [0.717, 1.165) is 26.2 Å². The average Bonchev–Trinajstić information content (AvgIpc) is 2.64. The molecule has 140 valence electrons. The van der Waals surface area contributed by atoms with Crippen LogP contribution in [0, 0.1) is 13.8 Å². The van der Waals surface area contributed by atoms with E-state index < -0.39 is 6.10 Å². The topological polar surface area (TPSA) is 35.9 Å². The summed E-state index contributed by atoms with van der Waals surface area (Å²) in [5, 5.41) is 10.9. The molecule has 3 rings (SSSR count). The fourth-order valence-electron chi connectivity index (χ4n) is 3.35. The van der Waals surface area contributed by atoms with Gasteiger partial charge in [0.25, 0.3) is 0 Å². The number of aliphatic hydroxyl groups is 1. The van der Waals surface area contributed by atoms with Crippen molar-refractivity contribution in [2.24, 2.45) is 0 Å². The first-order chi connectivity index (χ1) is 12.5. The maximum Gasteiger partial charge on any atom is 0.138 e. The molecule has 1 heterocycles. The molecular weight excluding hydrogens is 348 g/mol. The highest BCUT2D eigenvalue weighted by Gasteiger charge is 2.21. The molecule has 4 nitrogen and oxygen atoms in total. The molecule has 0 amide bonds. The van der Waals surface area contributed by atoms with Crippen molar-refractivity contribution in [2.75, 3.05) is 44.2 Å². The molecule has 0 saturated carbocycles. The van der Waals surface area contributed by atoms with Gasteiger partial charge in [0.15, 0.2) is 0 Å². The zero-order valence-corrected chi connectivity index (χ0v) is 16.2. The van der Waals surface area contributed by atoms with Crippen molar-refractivity contribution in [3.63, 3.8) is 0 Å². The summed E-state index contributed by atoms with van der Waals surface area (Å²) in [5.74, 6) is 0.618. The average molecular weight is 375 g/mol. The van der Waals surface area contributed by atoms with Crippen molar-refractivity contribution in [2.45, 2.75) is 20.0 Å². The number of para-hydroxylation sites is 1. The summed E-state index contributed by atoms with van der Waals surface area (Å²) in [4.78, 5) is 4.73. The number of halogens is 1. The number of hydrogen-bond acceptors (Lipinski definition) is 4. The van der Waals surface area contributed by atoms with Gasteiger partial charge in [0.05, 0.1) is 5.02 Å². The molecule has 0 aliphatic carbocycles. The van der Waals surface area contributed by atoms with E-state index in [4.69, 9.17) is 16.3 Å². The van der Waals surface area contributed by atoms with Crippen LogP contribution in [0.4, 0.5) is 5.69 Å². The minimum absolute atomic E-state index is 0.251. The first-order valence-corrected chi connectivity index (χ1v) is 9.51. The Morgan fingerprint density at radius 2 is 1.77 bits per heavy atom. The predicted octanol–water partition coefficient (Wildman–Crippen LogP) is 3.52. The first kappa shape index (κ1) is 19.0. The number of nitrogens with zero attached hydrogens (tertiary/aromatic N) is 2. The van der Waals surface area contributed by atoms with Crippen molar-refractivity contribution in [3.8, 4) is 5.75 Å². The van der Waals surface area contributed by atoms with E-state index in [1.165, 1.54) is 16.8 Å². The largest absolute Gasteiger partial charge is 0.489 e. The van der Waals surface area contributed by atoms with Crippen molar-refractivity contribution >= 4 is 17.3 Å². The van der Waals surface area contributed by atoms with E-state index >= 15 is 0 Å². The maximum absolute atomic E-state index is 10.3. The number of ether oxygens (including phenoxy) is 1. The van der Waals surface area contributed by atoms with Crippen LogP contribution >= 0.6 is 11.6 Å². The number of aryl methyl sites for hydroxylation is 1. The molecule has 1 N–H and O–H groups in total. The normalized spacial score (nSPS) is 16.5. The summed E-state index contributed by atoms with van der Waals surface area (Å²) in [6, 6.07) is 13.8. The molecule has 26 heavy (non-hydrogen) atoms. The molecule has 1 aliphatic heterocycles. The lowest BCUT2D eigenvalue weighted by Gasteiger charge is -2.37. The van der Waals surface area contributed by atoms with Crippen molar-refractivity contribution in [1.82, 2.24) is 4.90 Å². The molecule has 1 atom stereocenters. The van der Waals surface area contributed by atoms with Gasteiger partial charge in [-0.25, -0.2) is 0 Å². The Labute approximate surface area is 160 Å². The van der Waals surface area contributed by atoms with Crippen LogP contribution in [-0.4, -0.2) is 55.4 Å². The summed E-state index contributed by atoms with van der Waals surface area (Å²) in [6.45, 7) is 9.04. The van der Waals surface area contributed by atoms with E-state index in [1.807, 2.05) is 18.2 Å². The number of β-amino-alcohol motifs (C(OH)–C–C–N with tert-alkyl or cyclic N) is 1. The highest BCUT2D eigenvalue weighted by Crippen LogP contribution is 2.24. The lowest BCUT2D eigenvalue weighted by molar-refractivity contribution is 0.0663. The maximum atomic E-state index is 10.3. The third kappa shape index (κ3) is 4.70. The van der Waals surface area contributed by atoms with Crippen molar-refractivity contribution in [3.05, 3.63) is 58.6 Å². The fourth-order valence-corrected chi connectivity index (χ4v) is 3.54. The number of piperazine rings is 1. The molecule has 0 aromatic heterocycles. The van der Waals surface area contributed by atoms with Gasteiger partial charge >= 0.3 is 0 Å². The van der Waals surface area contributed by atoms with Crippen LogP contribution in [0.3, 0.4) is 0 Å². The monoisotopic (exact) mass is 374 g/mol. The highest BCUT2D eigenvalue weighted by atomic mass is 35.5. The number of rotatable bonds is 6. The van der Waals surface area contributed by atoms with Crippen LogP contribution in [0.2, 0.25) is 5.02 Å². The standard InChI is InChI=1S/C21H27ClN2O2/c1-16-6-5-8-20(17(16)2)24-12-10-23(11-13-24)14-18(25)15-26-21-9-4-3-7-19(21)22/h3-9,18,25H,10-15H2,1-2H3. The van der Waals surface area contributed by atoms with E-state index in [1.54, 1.807) is 6.07 Å². The van der Waals surface area contributed by atoms with Gasteiger partial charge in [0.1, 0.15) is 18.5 Å². The minimum Gasteiger partial charge on any atom is -0.489 e. The Balaban J connectivity index is 1.46. The third-order valence-electron chi connectivity index (χ3n) is 5.03. The van der Waals surface area contributed by atoms with E-state index in [0.29, 0.717) is 17.3 Å². The summed E-state index contributed by atoms with van der Waals surface area (Å²) in [6.07, 6.45) is -0.529. The van der Waals surface area contributed by atoms with Crippen LogP contribution in [0.5, 0.6) is 5.75 Å². The van der Waals surface area contributed by atoms with Gasteiger partial charge in [0.2, 0.25) is 0 Å². The number of aliphatic hydroxyl groups excluding tert-OH is 1. The summed E-state index contributed by atoms with van der Waals surface area (Å²) in [7, 11) is 0. The lowest BCUT2D eigenvalue weighted by Crippen LogP contribution is -2.49. The zero-order valence-electron chi connectivity index (χ0n) is 15.5. The number of benzene rings is 2. The SMILES string of the molecule is Cc1cccc(N2CCN(CC(O)COc3ccccc3Cl)CC2)c1C. The first-order valence-electron chi connectivity index (χ1n) is 9.13. The number of anilines is 1. The van der Waals surface area contributed by atoms with Crippen LogP contribution in [0.25, 0.3) is 0 Å². The second-order valence-electron chi connectivity index (χ2n) is 6.90. The molecular formula is C21H27ClN2O2. The van der Waals surface area contributed by atoms with Gasteiger partial charge < -0.3 is 14.7 Å². The van der Waals surface area contributed by atoms with Gasteiger partial charge in [-0.05, 0) is 43.2 Å². The minimum atomic E-state index is -0.529. The lowest BCUT2D eigenvalue weighted by atomic mass is 10.1. The fraction of sp³-hybridized carbons (Fsp3) is 0.429. The Bertz CT molecular complexity index is 730. The van der Waals surface area contributed by atoms with Gasteiger partial charge in [-0.3, -0.25) is 4.90 Å². The van der Waals surface area contributed by atoms with Crippen LogP contribution in [0.1, 0.15) is 11.1 Å². The molecule has 1 unspecified atom stereocenters. The molecule has 1 aliphatic rings. The van der Waals surface area contributed by atoms with Crippen LogP contribution in [0.15, 0.2) is 42.5 Å². The smallest absolute Gasteiger partial charge is 0.138 e. The number of hydrogen-bond donors (Lipinski definition) is 1. The molecule has 1 saturated heterocycles. The van der Waals surface area contributed by atoms with E-state index in [-0.39, 0.29) is 6.61 Å². The van der Waals surface area contributed by atoms with Gasteiger partial charge in [-0.15, -0.1) is 0 Å². The van der Waals surface area contributed by atoms with Crippen LogP contribution < -0.4 is 9.64 Å². The van der Waals surface area contributed by atoms with Crippen molar-refractivity contribution < 1.29 is 9.84 Å². The van der Waals surface area contributed by atoms with E-state index in [9.17, 15) is 5.11 Å². The van der Waals surface area contributed by atoms with Crippen molar-refractivity contribution in [1.29, 1.82) is 0 Å². The molecule has 5 heteroatoms. The summed E-state index contributed by atoms with van der Waals surface area (Å²) >= 11 is 6.08. The highest BCUT2D eigenvalue weighted by molar-refractivity contribution is 6.32. The zero-order chi connectivity index (χ0) is 18.5. The molecule has 2 aromatic rings. The second-order valence-corrected chi connectivity index (χ2v) is 7.31. The van der Waals surface area contributed by atoms with Gasteiger partial charge in [-0.1, -0.05) is 35.9 Å². The molecule has 0 radical (unpaired) electrons. The third-order valence-corrected chi connectivity index (χ3v) is 5.34.